The third kappa shape index (κ3) is 4.06. The normalized spacial score (nSPS) is 16.4. The lowest BCUT2D eigenvalue weighted by Crippen LogP contribution is -2.46. The topological polar surface area (TPSA) is 23.6 Å². The Hall–Kier alpha value is -1.97. The Balaban J connectivity index is 1.66. The molecular weight excluding hydrogens is 284 g/mol. The first-order valence-corrected chi connectivity index (χ1v) is 8.23. The fraction of sp³-hybridized carbons (Fsp3) is 0.350. The Kier molecular flexibility index (Phi) is 4.89. The highest BCUT2D eigenvalue weighted by atomic mass is 16.1. The maximum atomic E-state index is 12.4. The second kappa shape index (κ2) is 7.07. The highest BCUT2D eigenvalue weighted by Crippen LogP contribution is 2.21. The van der Waals surface area contributed by atoms with E-state index < -0.39 is 0 Å². The molecule has 3 nitrogen and oxygen atoms in total. The van der Waals surface area contributed by atoms with E-state index in [4.69, 9.17) is 0 Å². The van der Waals surface area contributed by atoms with Gasteiger partial charge in [-0.2, -0.15) is 0 Å². The number of carbonyl (C=O) groups excluding carboxylic acids is 1. The van der Waals surface area contributed by atoms with Crippen molar-refractivity contribution in [2.24, 2.45) is 0 Å². The second-order valence-corrected chi connectivity index (χ2v) is 6.45. The number of hydrogen-bond acceptors (Lipinski definition) is 3. The van der Waals surface area contributed by atoms with E-state index in [2.05, 4.69) is 48.0 Å². The van der Waals surface area contributed by atoms with Gasteiger partial charge in [-0.3, -0.25) is 9.69 Å². The molecule has 0 N–H and O–H groups in total. The minimum atomic E-state index is 0.213. The summed E-state index contributed by atoms with van der Waals surface area (Å²) in [5, 5.41) is 0. The van der Waals surface area contributed by atoms with Crippen LogP contribution in [0.1, 0.15) is 15.9 Å². The zero-order valence-electron chi connectivity index (χ0n) is 14.0. The van der Waals surface area contributed by atoms with Crippen LogP contribution in [0.4, 0.5) is 0 Å². The number of ketones is 1. The van der Waals surface area contributed by atoms with Crippen LogP contribution in [-0.2, 0) is 0 Å². The van der Waals surface area contributed by atoms with Crippen LogP contribution in [-0.4, -0.2) is 55.4 Å². The van der Waals surface area contributed by atoms with E-state index >= 15 is 0 Å². The van der Waals surface area contributed by atoms with E-state index in [1.807, 2.05) is 24.3 Å². The molecule has 23 heavy (non-hydrogen) atoms. The quantitative estimate of drug-likeness (QED) is 0.811. The van der Waals surface area contributed by atoms with Gasteiger partial charge in [-0.1, -0.05) is 54.1 Å². The fourth-order valence-electron chi connectivity index (χ4n) is 2.97. The van der Waals surface area contributed by atoms with Crippen LogP contribution in [0.5, 0.6) is 0 Å². The molecular formula is C20H24N2O. The van der Waals surface area contributed by atoms with E-state index in [-0.39, 0.29) is 5.78 Å². The van der Waals surface area contributed by atoms with Gasteiger partial charge in [-0.15, -0.1) is 0 Å². The summed E-state index contributed by atoms with van der Waals surface area (Å²) in [6.45, 7) is 6.65. The van der Waals surface area contributed by atoms with Gasteiger partial charge in [0.2, 0.25) is 0 Å². The number of aryl methyl sites for hydroxylation is 1. The molecule has 0 aromatic heterocycles. The molecule has 0 atom stereocenters. The van der Waals surface area contributed by atoms with E-state index in [0.717, 1.165) is 37.3 Å². The van der Waals surface area contributed by atoms with Gasteiger partial charge in [-0.25, -0.2) is 0 Å². The third-order valence-corrected chi connectivity index (χ3v) is 4.52. The molecule has 0 unspecified atom stereocenters. The van der Waals surface area contributed by atoms with Gasteiger partial charge < -0.3 is 4.90 Å². The molecule has 120 valence electrons. The predicted molar refractivity (Wildman–Crippen MR) is 94.9 cm³/mol. The van der Waals surface area contributed by atoms with Crippen LogP contribution >= 0.6 is 0 Å². The molecule has 0 saturated carbocycles. The van der Waals surface area contributed by atoms with Crippen LogP contribution in [0.25, 0.3) is 11.1 Å². The zero-order valence-corrected chi connectivity index (χ0v) is 14.0. The molecule has 1 heterocycles. The van der Waals surface area contributed by atoms with E-state index in [0.29, 0.717) is 6.54 Å². The average molecular weight is 308 g/mol. The second-order valence-electron chi connectivity index (χ2n) is 6.45. The largest absolute Gasteiger partial charge is 0.304 e. The van der Waals surface area contributed by atoms with Crippen molar-refractivity contribution in [3.8, 4) is 11.1 Å². The molecule has 0 bridgehead atoms. The molecule has 0 amide bonds. The number of hydrogen-bond donors (Lipinski definition) is 0. The SMILES string of the molecule is Cc1cccc(-c2ccc(C(=O)CN3CCN(C)CC3)cc2)c1. The number of Topliss-reactive ketones (excluding diaryl/α,β-unsaturated/α-hetero) is 1. The molecule has 0 spiro atoms. The number of rotatable bonds is 4. The van der Waals surface area contributed by atoms with Gasteiger partial charge in [0.05, 0.1) is 6.54 Å². The summed E-state index contributed by atoms with van der Waals surface area (Å²) in [5.41, 5.74) is 4.41. The Morgan fingerprint density at radius 2 is 1.65 bits per heavy atom. The molecule has 2 aromatic rings. The maximum Gasteiger partial charge on any atom is 0.176 e. The Morgan fingerprint density at radius 1 is 0.957 bits per heavy atom. The molecule has 0 aliphatic carbocycles. The van der Waals surface area contributed by atoms with Crippen molar-refractivity contribution >= 4 is 5.78 Å². The summed E-state index contributed by atoms with van der Waals surface area (Å²) in [6.07, 6.45) is 0. The first-order chi connectivity index (χ1) is 11.1. The number of benzene rings is 2. The zero-order chi connectivity index (χ0) is 16.2. The summed E-state index contributed by atoms with van der Waals surface area (Å²) in [7, 11) is 2.13. The van der Waals surface area contributed by atoms with Gasteiger partial charge in [0, 0.05) is 31.7 Å². The summed E-state index contributed by atoms with van der Waals surface area (Å²) in [4.78, 5) is 17.0. The van der Waals surface area contributed by atoms with Crippen molar-refractivity contribution in [2.75, 3.05) is 39.8 Å². The molecule has 1 saturated heterocycles. The van der Waals surface area contributed by atoms with Gasteiger partial charge in [-0.05, 0) is 25.1 Å². The molecule has 1 fully saturated rings. The summed E-state index contributed by atoms with van der Waals surface area (Å²) < 4.78 is 0. The molecule has 1 aliphatic heterocycles. The standard InChI is InChI=1S/C20H24N2O/c1-16-4-3-5-19(14-16)17-6-8-18(9-7-17)20(23)15-22-12-10-21(2)11-13-22/h3-9,14H,10-13,15H2,1-2H3. The highest BCUT2D eigenvalue weighted by Gasteiger charge is 2.17. The van der Waals surface area contributed by atoms with Gasteiger partial charge >= 0.3 is 0 Å². The first kappa shape index (κ1) is 15.9. The minimum Gasteiger partial charge on any atom is -0.304 e. The van der Waals surface area contributed by atoms with Crippen LogP contribution in [0.15, 0.2) is 48.5 Å². The predicted octanol–water partition coefficient (Wildman–Crippen LogP) is 3.09. The lowest BCUT2D eigenvalue weighted by Gasteiger charge is -2.31. The molecule has 1 aliphatic rings. The fourth-order valence-corrected chi connectivity index (χ4v) is 2.97. The van der Waals surface area contributed by atoms with E-state index in [9.17, 15) is 4.79 Å². The summed E-state index contributed by atoms with van der Waals surface area (Å²) in [6, 6.07) is 16.4. The summed E-state index contributed by atoms with van der Waals surface area (Å²) in [5.74, 6) is 0.213. The Morgan fingerprint density at radius 3 is 2.30 bits per heavy atom. The smallest absolute Gasteiger partial charge is 0.176 e. The van der Waals surface area contributed by atoms with Gasteiger partial charge in [0.25, 0.3) is 0 Å². The molecule has 2 aromatic carbocycles. The Labute approximate surface area is 138 Å². The number of likely N-dealkylation sites (N-methyl/N-ethyl adjacent to an activating group) is 1. The molecule has 3 rings (SSSR count). The van der Waals surface area contributed by atoms with Gasteiger partial charge in [0.15, 0.2) is 5.78 Å². The Bertz CT molecular complexity index is 670. The van der Waals surface area contributed by atoms with Crippen molar-refractivity contribution < 1.29 is 4.79 Å². The first-order valence-electron chi connectivity index (χ1n) is 8.23. The van der Waals surface area contributed by atoms with Crippen LogP contribution in [0, 0.1) is 6.92 Å². The minimum absolute atomic E-state index is 0.213. The third-order valence-electron chi connectivity index (χ3n) is 4.52. The van der Waals surface area contributed by atoms with E-state index in [1.54, 1.807) is 0 Å². The average Bonchev–Trinajstić information content (AvgIpc) is 2.57. The molecule has 3 heteroatoms. The van der Waals surface area contributed by atoms with Crippen molar-refractivity contribution in [1.29, 1.82) is 0 Å². The lowest BCUT2D eigenvalue weighted by atomic mass is 10.0. The van der Waals surface area contributed by atoms with Crippen LogP contribution < -0.4 is 0 Å². The van der Waals surface area contributed by atoms with Crippen molar-refractivity contribution in [3.05, 3.63) is 59.7 Å². The van der Waals surface area contributed by atoms with Crippen molar-refractivity contribution in [2.45, 2.75) is 6.92 Å². The van der Waals surface area contributed by atoms with Crippen LogP contribution in [0.3, 0.4) is 0 Å². The highest BCUT2D eigenvalue weighted by molar-refractivity contribution is 5.98. The monoisotopic (exact) mass is 308 g/mol. The number of carbonyl (C=O) groups is 1. The number of nitrogens with zero attached hydrogens (tertiary/aromatic N) is 2. The van der Waals surface area contributed by atoms with Gasteiger partial charge in [0.1, 0.15) is 0 Å². The van der Waals surface area contributed by atoms with Crippen molar-refractivity contribution in [3.63, 3.8) is 0 Å². The van der Waals surface area contributed by atoms with Crippen molar-refractivity contribution in [1.82, 2.24) is 9.80 Å². The lowest BCUT2D eigenvalue weighted by molar-refractivity contribution is 0.0876. The number of piperazine rings is 1. The summed E-state index contributed by atoms with van der Waals surface area (Å²) >= 11 is 0. The van der Waals surface area contributed by atoms with E-state index in [1.165, 1.54) is 11.1 Å². The molecule has 0 radical (unpaired) electrons. The maximum absolute atomic E-state index is 12.4. The van der Waals surface area contributed by atoms with Crippen LogP contribution in [0.2, 0.25) is 0 Å².